The zero-order valence-electron chi connectivity index (χ0n) is 11.9. The average molecular weight is 290 g/mol. The summed E-state index contributed by atoms with van der Waals surface area (Å²) in [6, 6.07) is 3.53. The van der Waals surface area contributed by atoms with Gasteiger partial charge in [0, 0.05) is 37.3 Å². The third kappa shape index (κ3) is 3.48. The summed E-state index contributed by atoms with van der Waals surface area (Å²) in [5, 5.41) is 0. The van der Waals surface area contributed by atoms with Crippen LogP contribution < -0.4 is 0 Å². The highest BCUT2D eigenvalue weighted by atomic mass is 32.2. The molecular formula is C15H18N2O2S. The summed E-state index contributed by atoms with van der Waals surface area (Å²) in [5.74, 6) is -0.321. The van der Waals surface area contributed by atoms with Crippen LogP contribution in [0.5, 0.6) is 0 Å². The molecule has 1 aliphatic carbocycles. The lowest BCUT2D eigenvalue weighted by atomic mass is 10.0. The van der Waals surface area contributed by atoms with Gasteiger partial charge in [0.05, 0.1) is 5.57 Å². The molecule has 0 saturated heterocycles. The number of thioether (sulfide) groups is 1. The molecule has 1 fully saturated rings. The van der Waals surface area contributed by atoms with E-state index in [0.717, 1.165) is 17.7 Å². The number of hydrogen-bond donors (Lipinski definition) is 0. The maximum absolute atomic E-state index is 12.5. The number of pyridine rings is 1. The van der Waals surface area contributed by atoms with Gasteiger partial charge in [-0.15, -0.1) is 11.8 Å². The van der Waals surface area contributed by atoms with Crippen molar-refractivity contribution in [3.63, 3.8) is 0 Å². The predicted molar refractivity (Wildman–Crippen MR) is 79.8 cm³/mol. The molecule has 5 heteroatoms. The van der Waals surface area contributed by atoms with E-state index in [2.05, 4.69) is 4.98 Å². The van der Waals surface area contributed by atoms with Gasteiger partial charge in [-0.25, -0.2) is 0 Å². The Balaban J connectivity index is 2.27. The Labute approximate surface area is 123 Å². The molecule has 0 bridgehead atoms. The molecule has 20 heavy (non-hydrogen) atoms. The summed E-state index contributed by atoms with van der Waals surface area (Å²) < 4.78 is 0. The van der Waals surface area contributed by atoms with Gasteiger partial charge < -0.3 is 4.90 Å². The van der Waals surface area contributed by atoms with Crippen molar-refractivity contribution >= 4 is 23.3 Å². The Bertz CT molecular complexity index is 545. The molecule has 1 heterocycles. The smallest absolute Gasteiger partial charge is 0.216 e. The Kier molecular flexibility index (Phi) is 4.60. The molecule has 106 valence electrons. The van der Waals surface area contributed by atoms with Crippen molar-refractivity contribution in [1.29, 1.82) is 0 Å². The van der Waals surface area contributed by atoms with E-state index in [9.17, 15) is 9.59 Å². The Morgan fingerprint density at radius 2 is 2.05 bits per heavy atom. The van der Waals surface area contributed by atoms with Gasteiger partial charge in [-0.2, -0.15) is 0 Å². The van der Waals surface area contributed by atoms with E-state index in [4.69, 9.17) is 0 Å². The molecule has 0 spiro atoms. The number of aromatic nitrogens is 1. The fourth-order valence-electron chi connectivity index (χ4n) is 1.83. The lowest BCUT2D eigenvalue weighted by Gasteiger charge is -2.10. The first-order chi connectivity index (χ1) is 9.52. The van der Waals surface area contributed by atoms with Crippen molar-refractivity contribution in [2.75, 3.05) is 20.4 Å². The summed E-state index contributed by atoms with van der Waals surface area (Å²) in [6.07, 6.45) is 6.98. The molecule has 0 aliphatic heterocycles. The van der Waals surface area contributed by atoms with Gasteiger partial charge in [-0.05, 0) is 31.2 Å². The number of Topliss-reactive ketones (excluding diaryl/α,β-unsaturated/α-hetero) is 2. The fraction of sp³-hybridized carbons (Fsp3) is 0.400. The van der Waals surface area contributed by atoms with Crippen LogP contribution in [-0.4, -0.2) is 41.8 Å². The Hall–Kier alpha value is -1.62. The third-order valence-electron chi connectivity index (χ3n) is 3.05. The molecule has 2 rings (SSSR count). The topological polar surface area (TPSA) is 50.3 Å². The van der Waals surface area contributed by atoms with Crippen LogP contribution in [0.2, 0.25) is 0 Å². The minimum absolute atomic E-state index is 0.0237. The van der Waals surface area contributed by atoms with Crippen LogP contribution in [0, 0.1) is 5.92 Å². The van der Waals surface area contributed by atoms with Gasteiger partial charge in [0.25, 0.3) is 0 Å². The van der Waals surface area contributed by atoms with E-state index < -0.39 is 0 Å². The third-order valence-corrected chi connectivity index (χ3v) is 3.76. The average Bonchev–Trinajstić information content (AvgIpc) is 3.28. The summed E-state index contributed by atoms with van der Waals surface area (Å²) in [6.45, 7) is 0. The van der Waals surface area contributed by atoms with Gasteiger partial charge in [0.2, 0.25) is 5.78 Å². The number of rotatable bonds is 6. The number of carbonyl (C=O) groups is 2. The largest absolute Gasteiger partial charge is 0.383 e. The van der Waals surface area contributed by atoms with Crippen LogP contribution in [0.3, 0.4) is 0 Å². The van der Waals surface area contributed by atoms with E-state index in [1.807, 2.05) is 12.3 Å². The van der Waals surface area contributed by atoms with Gasteiger partial charge in [0.15, 0.2) is 5.78 Å². The van der Waals surface area contributed by atoms with Crippen molar-refractivity contribution < 1.29 is 9.59 Å². The quantitative estimate of drug-likeness (QED) is 0.265. The van der Waals surface area contributed by atoms with Crippen molar-refractivity contribution in [3.8, 4) is 0 Å². The summed E-state index contributed by atoms with van der Waals surface area (Å²) in [5.41, 5.74) is 0.562. The molecule has 0 radical (unpaired) electrons. The second-order valence-corrected chi connectivity index (χ2v) is 5.94. The van der Waals surface area contributed by atoms with Crippen molar-refractivity contribution in [3.05, 3.63) is 35.8 Å². The van der Waals surface area contributed by atoms with Gasteiger partial charge >= 0.3 is 0 Å². The van der Waals surface area contributed by atoms with Gasteiger partial charge in [-0.1, -0.05) is 0 Å². The Morgan fingerprint density at radius 3 is 2.50 bits per heavy atom. The summed E-state index contributed by atoms with van der Waals surface area (Å²) >= 11 is 1.57. The first-order valence-corrected chi connectivity index (χ1v) is 7.72. The predicted octanol–water partition coefficient (Wildman–Crippen LogP) is 2.41. The highest BCUT2D eigenvalue weighted by Gasteiger charge is 2.35. The van der Waals surface area contributed by atoms with E-state index in [1.54, 1.807) is 49.2 Å². The summed E-state index contributed by atoms with van der Waals surface area (Å²) in [4.78, 5) is 31.6. The first kappa shape index (κ1) is 14.8. The molecule has 1 aromatic heterocycles. The van der Waals surface area contributed by atoms with Crippen molar-refractivity contribution in [2.24, 2.45) is 5.92 Å². The van der Waals surface area contributed by atoms with Gasteiger partial charge in [0.1, 0.15) is 5.69 Å². The van der Waals surface area contributed by atoms with Crippen LogP contribution in [-0.2, 0) is 4.79 Å². The molecule has 1 aromatic rings. The van der Waals surface area contributed by atoms with E-state index in [-0.39, 0.29) is 23.1 Å². The number of nitrogens with zero attached hydrogens (tertiary/aromatic N) is 2. The highest BCUT2D eigenvalue weighted by Crippen LogP contribution is 2.33. The number of allylic oxidation sites excluding steroid dienone is 1. The zero-order valence-corrected chi connectivity index (χ0v) is 12.7. The normalized spacial score (nSPS) is 15.1. The Morgan fingerprint density at radius 1 is 1.35 bits per heavy atom. The number of hydrogen-bond acceptors (Lipinski definition) is 5. The summed E-state index contributed by atoms with van der Waals surface area (Å²) in [7, 11) is 3.61. The van der Waals surface area contributed by atoms with Crippen molar-refractivity contribution in [2.45, 2.75) is 17.7 Å². The van der Waals surface area contributed by atoms with Crippen LogP contribution in [0.15, 0.2) is 35.0 Å². The monoisotopic (exact) mass is 290 g/mol. The minimum atomic E-state index is -0.289. The molecular weight excluding hydrogens is 272 g/mol. The van der Waals surface area contributed by atoms with Crippen molar-refractivity contribution in [1.82, 2.24) is 9.88 Å². The van der Waals surface area contributed by atoms with Gasteiger partial charge in [-0.3, -0.25) is 14.6 Å². The SMILES string of the molecule is CSc1ccc(C(=O)/C(=C/N(C)C)C(=O)C2CC2)nc1. The maximum Gasteiger partial charge on any atom is 0.216 e. The molecule has 4 nitrogen and oxygen atoms in total. The van der Waals surface area contributed by atoms with E-state index >= 15 is 0 Å². The first-order valence-electron chi connectivity index (χ1n) is 6.50. The molecule has 0 unspecified atom stereocenters. The molecule has 1 aliphatic rings. The second kappa shape index (κ2) is 6.22. The van der Waals surface area contributed by atoms with E-state index in [0.29, 0.717) is 5.69 Å². The molecule has 0 N–H and O–H groups in total. The van der Waals surface area contributed by atoms with Crippen LogP contribution in [0.1, 0.15) is 23.3 Å². The second-order valence-electron chi connectivity index (χ2n) is 5.06. The molecule has 1 saturated carbocycles. The fourth-order valence-corrected chi connectivity index (χ4v) is 2.19. The maximum atomic E-state index is 12.5. The van der Waals surface area contributed by atoms with Crippen LogP contribution >= 0.6 is 11.8 Å². The number of carbonyl (C=O) groups excluding carboxylic acids is 2. The minimum Gasteiger partial charge on any atom is -0.383 e. The lowest BCUT2D eigenvalue weighted by molar-refractivity contribution is -0.116. The molecule has 0 aromatic carbocycles. The standard InChI is InChI=1S/C15H18N2O2S/c1-17(2)9-12(14(18)10-4-5-10)15(19)13-7-6-11(20-3)8-16-13/h6-10H,4-5H2,1-3H3/b12-9+. The number of ketones is 2. The van der Waals surface area contributed by atoms with Crippen LogP contribution in [0.25, 0.3) is 0 Å². The molecule has 0 atom stereocenters. The van der Waals surface area contributed by atoms with Crippen LogP contribution in [0.4, 0.5) is 0 Å². The van der Waals surface area contributed by atoms with E-state index in [1.165, 1.54) is 0 Å². The zero-order chi connectivity index (χ0) is 14.7. The molecule has 0 amide bonds. The highest BCUT2D eigenvalue weighted by molar-refractivity contribution is 7.98. The lowest BCUT2D eigenvalue weighted by Crippen LogP contribution is -2.19.